The van der Waals surface area contributed by atoms with E-state index in [1.165, 1.54) is 16.6 Å². The van der Waals surface area contributed by atoms with E-state index in [-0.39, 0.29) is 16.9 Å². The van der Waals surface area contributed by atoms with Gasteiger partial charge in [0.2, 0.25) is 11.0 Å². The van der Waals surface area contributed by atoms with Crippen molar-refractivity contribution in [2.24, 2.45) is 0 Å². The van der Waals surface area contributed by atoms with Crippen LogP contribution < -0.4 is 9.47 Å². The number of rotatable bonds is 6. The standard InChI is InChI=1S/C20H25N5O4S/c1-7-24(4)20(26)25-15-8-9-16(28-5)22-18(15)23-19(25)30(27)11-14-13(3)17(29-6)12(2)10-21-14/h8-10H,7,11H2,1-6H3. The molecule has 0 fully saturated rings. The van der Waals surface area contributed by atoms with Crippen LogP contribution in [0.15, 0.2) is 23.5 Å². The maximum absolute atomic E-state index is 13.3. The van der Waals surface area contributed by atoms with Gasteiger partial charge in [-0.1, -0.05) is 0 Å². The lowest BCUT2D eigenvalue weighted by atomic mass is 10.1. The molecule has 3 aromatic heterocycles. The number of hydrogen-bond acceptors (Lipinski definition) is 7. The predicted molar refractivity (Wildman–Crippen MR) is 114 cm³/mol. The van der Waals surface area contributed by atoms with Gasteiger partial charge >= 0.3 is 6.03 Å². The number of imidazole rings is 1. The number of methoxy groups -OCH3 is 2. The van der Waals surface area contributed by atoms with Crippen LogP contribution in [0.3, 0.4) is 0 Å². The Morgan fingerprint density at radius 3 is 2.57 bits per heavy atom. The fourth-order valence-electron chi connectivity index (χ4n) is 3.09. The molecule has 3 aromatic rings. The lowest BCUT2D eigenvalue weighted by Gasteiger charge is -2.17. The minimum atomic E-state index is -1.65. The number of aromatic nitrogens is 4. The van der Waals surface area contributed by atoms with Gasteiger partial charge in [0.15, 0.2) is 5.65 Å². The molecule has 0 saturated carbocycles. The SMILES string of the molecule is CCN(C)C(=O)n1c(S(=O)Cc2ncc(C)c(OC)c2C)nc2nc(OC)ccc21. The maximum Gasteiger partial charge on any atom is 0.330 e. The highest BCUT2D eigenvalue weighted by Gasteiger charge is 2.25. The highest BCUT2D eigenvalue weighted by Crippen LogP contribution is 2.27. The summed E-state index contributed by atoms with van der Waals surface area (Å²) in [6, 6.07) is 3.00. The van der Waals surface area contributed by atoms with Gasteiger partial charge in [0.1, 0.15) is 5.75 Å². The van der Waals surface area contributed by atoms with Gasteiger partial charge < -0.3 is 14.4 Å². The topological polar surface area (TPSA) is 99.4 Å². The Labute approximate surface area is 177 Å². The second-order valence-corrected chi connectivity index (χ2v) is 8.10. The van der Waals surface area contributed by atoms with Crippen molar-refractivity contribution in [3.8, 4) is 11.6 Å². The van der Waals surface area contributed by atoms with Gasteiger partial charge in [-0.05, 0) is 26.8 Å². The highest BCUT2D eigenvalue weighted by atomic mass is 32.2. The Bertz CT molecular complexity index is 1130. The Balaban J connectivity index is 2.10. The Morgan fingerprint density at radius 1 is 1.20 bits per heavy atom. The molecule has 0 N–H and O–H groups in total. The first kappa shape index (κ1) is 21.7. The fraction of sp³-hybridized carbons (Fsp3) is 0.400. The molecule has 3 heterocycles. The monoisotopic (exact) mass is 431 g/mol. The molecule has 0 spiro atoms. The molecule has 0 aliphatic rings. The molecule has 160 valence electrons. The number of carbonyl (C=O) groups is 1. The molecule has 0 radical (unpaired) electrons. The molecule has 0 aliphatic carbocycles. The van der Waals surface area contributed by atoms with Crippen LogP contribution in [-0.2, 0) is 16.6 Å². The average Bonchev–Trinajstić information content (AvgIpc) is 3.13. The van der Waals surface area contributed by atoms with Gasteiger partial charge in [-0.3, -0.25) is 9.19 Å². The Hall–Kier alpha value is -3.01. The third-order valence-corrected chi connectivity index (χ3v) is 6.10. The van der Waals surface area contributed by atoms with Crippen LogP contribution in [0.2, 0.25) is 0 Å². The third kappa shape index (κ3) is 3.87. The van der Waals surface area contributed by atoms with Gasteiger partial charge in [0, 0.05) is 37.0 Å². The third-order valence-electron chi connectivity index (χ3n) is 4.89. The van der Waals surface area contributed by atoms with E-state index in [0.29, 0.717) is 35.0 Å². The summed E-state index contributed by atoms with van der Waals surface area (Å²) in [6.45, 7) is 6.12. The summed E-state index contributed by atoms with van der Waals surface area (Å²) >= 11 is 0. The zero-order valence-corrected chi connectivity index (χ0v) is 18.7. The van der Waals surface area contributed by atoms with Crippen molar-refractivity contribution in [1.29, 1.82) is 0 Å². The van der Waals surface area contributed by atoms with Gasteiger partial charge in [0.25, 0.3) is 0 Å². The van der Waals surface area contributed by atoms with Crippen LogP contribution in [0.1, 0.15) is 23.7 Å². The van der Waals surface area contributed by atoms with E-state index in [1.54, 1.807) is 32.5 Å². The summed E-state index contributed by atoms with van der Waals surface area (Å²) in [7, 11) is 3.12. The van der Waals surface area contributed by atoms with Gasteiger partial charge in [-0.2, -0.15) is 9.97 Å². The zero-order chi connectivity index (χ0) is 22.0. The summed E-state index contributed by atoms with van der Waals surface area (Å²) in [5.74, 6) is 1.16. The van der Waals surface area contributed by atoms with Crippen molar-refractivity contribution in [2.75, 3.05) is 27.8 Å². The van der Waals surface area contributed by atoms with E-state index in [1.807, 2.05) is 20.8 Å². The van der Waals surface area contributed by atoms with E-state index in [9.17, 15) is 9.00 Å². The molecule has 1 amide bonds. The largest absolute Gasteiger partial charge is 0.496 e. The van der Waals surface area contributed by atoms with Crippen molar-refractivity contribution < 1.29 is 18.5 Å². The minimum Gasteiger partial charge on any atom is -0.496 e. The van der Waals surface area contributed by atoms with E-state index < -0.39 is 10.8 Å². The van der Waals surface area contributed by atoms with Crippen LogP contribution in [-0.4, -0.2) is 62.5 Å². The van der Waals surface area contributed by atoms with E-state index in [2.05, 4.69) is 15.0 Å². The number of fused-ring (bicyclic) bond motifs is 1. The van der Waals surface area contributed by atoms with Crippen molar-refractivity contribution in [3.05, 3.63) is 35.2 Å². The van der Waals surface area contributed by atoms with Crippen LogP contribution in [0.4, 0.5) is 4.79 Å². The molecular formula is C20H25N5O4S. The summed E-state index contributed by atoms with van der Waals surface area (Å²) in [5.41, 5.74) is 3.09. The predicted octanol–water partition coefficient (Wildman–Crippen LogP) is 2.69. The Kier molecular flexibility index (Phi) is 6.35. The number of ether oxygens (including phenoxy) is 2. The molecule has 10 heteroatoms. The first-order valence-corrected chi connectivity index (χ1v) is 10.7. The minimum absolute atomic E-state index is 0.0893. The summed E-state index contributed by atoms with van der Waals surface area (Å²) in [4.78, 5) is 27.7. The van der Waals surface area contributed by atoms with E-state index in [0.717, 1.165) is 11.1 Å². The van der Waals surface area contributed by atoms with E-state index in [4.69, 9.17) is 9.47 Å². The zero-order valence-electron chi connectivity index (χ0n) is 17.9. The van der Waals surface area contributed by atoms with E-state index >= 15 is 0 Å². The van der Waals surface area contributed by atoms with Gasteiger partial charge in [0.05, 0.1) is 42.0 Å². The lowest BCUT2D eigenvalue weighted by molar-refractivity contribution is 0.211. The number of nitrogens with zero attached hydrogens (tertiary/aromatic N) is 5. The molecule has 0 aromatic carbocycles. The van der Waals surface area contributed by atoms with Crippen LogP contribution in [0, 0.1) is 13.8 Å². The number of amides is 1. The molecule has 3 rings (SSSR count). The number of carbonyl (C=O) groups excluding carboxylic acids is 1. The van der Waals surface area contributed by atoms with Crippen molar-refractivity contribution >= 4 is 28.0 Å². The van der Waals surface area contributed by atoms with Crippen LogP contribution in [0.25, 0.3) is 11.2 Å². The summed E-state index contributed by atoms with van der Waals surface area (Å²) in [5, 5.41) is 0.122. The van der Waals surface area contributed by atoms with Crippen LogP contribution in [0.5, 0.6) is 11.6 Å². The molecule has 0 saturated heterocycles. The van der Waals surface area contributed by atoms with Crippen molar-refractivity contribution in [1.82, 2.24) is 24.4 Å². The maximum atomic E-state index is 13.3. The molecule has 1 unspecified atom stereocenters. The first-order chi connectivity index (χ1) is 14.3. The second kappa shape index (κ2) is 8.78. The second-order valence-electron chi connectivity index (χ2n) is 6.76. The van der Waals surface area contributed by atoms with Crippen molar-refractivity contribution in [2.45, 2.75) is 31.7 Å². The van der Waals surface area contributed by atoms with Crippen molar-refractivity contribution in [3.63, 3.8) is 0 Å². The van der Waals surface area contributed by atoms with Crippen LogP contribution >= 0.6 is 0 Å². The average molecular weight is 432 g/mol. The first-order valence-electron chi connectivity index (χ1n) is 9.38. The summed E-state index contributed by atoms with van der Waals surface area (Å²) < 4.78 is 25.3. The lowest BCUT2D eigenvalue weighted by Crippen LogP contribution is -2.32. The number of aryl methyl sites for hydroxylation is 1. The smallest absolute Gasteiger partial charge is 0.330 e. The number of pyridine rings is 2. The molecule has 0 bridgehead atoms. The fourth-order valence-corrected chi connectivity index (χ4v) is 4.32. The quantitative estimate of drug-likeness (QED) is 0.592. The normalized spacial score (nSPS) is 12.1. The van der Waals surface area contributed by atoms with Gasteiger partial charge in [-0.15, -0.1) is 0 Å². The number of hydrogen-bond donors (Lipinski definition) is 0. The Morgan fingerprint density at radius 2 is 1.93 bits per heavy atom. The highest BCUT2D eigenvalue weighted by molar-refractivity contribution is 7.84. The van der Waals surface area contributed by atoms with Gasteiger partial charge in [-0.25, -0.2) is 9.36 Å². The molecular weight excluding hydrogens is 406 g/mol. The molecule has 9 nitrogen and oxygen atoms in total. The molecule has 1 atom stereocenters. The summed E-state index contributed by atoms with van der Waals surface area (Å²) in [6.07, 6.45) is 1.68. The molecule has 30 heavy (non-hydrogen) atoms. The molecule has 0 aliphatic heterocycles.